The van der Waals surface area contributed by atoms with Crippen LogP contribution in [0, 0.1) is 22.5 Å². The summed E-state index contributed by atoms with van der Waals surface area (Å²) in [5.74, 6) is -3.93. The van der Waals surface area contributed by atoms with E-state index in [1.807, 2.05) is 0 Å². The predicted molar refractivity (Wildman–Crippen MR) is 164 cm³/mol. The van der Waals surface area contributed by atoms with Crippen LogP contribution >= 0.6 is 30.5 Å². The maximum atomic E-state index is 14.5. The van der Waals surface area contributed by atoms with Gasteiger partial charge in [-0.05, 0) is 94.3 Å². The van der Waals surface area contributed by atoms with Crippen molar-refractivity contribution in [1.29, 1.82) is 0 Å². The standard InChI is InChI=1S/C30H33ClF2NO8PS/c1-29(2,3)27(36)39-16-41-43(38,42-17-40-28(37)30(4,5)6)25(22-15-44-24-10-8-19(31)13-21(22)24)26(35)34-12-11-18-7-9-20(32)14-23(18)33/h7-15,25H,16-17H2,1-6H3,(H,34,35)/b12-11+. The van der Waals surface area contributed by atoms with Crippen molar-refractivity contribution in [3.8, 4) is 0 Å². The van der Waals surface area contributed by atoms with Gasteiger partial charge in [-0.25, -0.2) is 8.78 Å². The Labute approximate surface area is 263 Å². The molecule has 3 rings (SSSR count). The number of esters is 2. The first-order valence-electron chi connectivity index (χ1n) is 13.2. The number of hydrogen-bond acceptors (Lipinski definition) is 9. The molecular formula is C30H33ClF2NO8PS. The fourth-order valence-corrected chi connectivity index (χ4v) is 6.47. The molecule has 0 aliphatic rings. The fraction of sp³-hybridized carbons (Fsp3) is 0.367. The SMILES string of the molecule is CC(C)(C)C(=O)OCOP(=O)(OCOC(=O)C(C)(C)C)C(C(=O)N/C=C/c1ccc(F)cc1F)c1csc2ccc(Cl)cc12. The molecule has 1 heterocycles. The molecule has 0 radical (unpaired) electrons. The second-order valence-corrected chi connectivity index (χ2v) is 15.1. The molecule has 0 fully saturated rings. The van der Waals surface area contributed by atoms with Crippen LogP contribution in [0.25, 0.3) is 16.2 Å². The van der Waals surface area contributed by atoms with E-state index in [-0.39, 0.29) is 11.1 Å². The molecule has 0 aliphatic carbocycles. The zero-order valence-corrected chi connectivity index (χ0v) is 27.4. The number of carbonyl (C=O) groups excluding carboxylic acids is 3. The third kappa shape index (κ3) is 9.18. The van der Waals surface area contributed by atoms with E-state index >= 15 is 0 Å². The lowest BCUT2D eigenvalue weighted by Gasteiger charge is -2.27. The van der Waals surface area contributed by atoms with Crippen LogP contribution in [0.4, 0.5) is 8.78 Å². The minimum atomic E-state index is -4.70. The Hall–Kier alpha value is -3.15. The van der Waals surface area contributed by atoms with Gasteiger partial charge in [0, 0.05) is 27.6 Å². The first-order chi connectivity index (χ1) is 20.4. The monoisotopic (exact) mass is 671 g/mol. The van der Waals surface area contributed by atoms with E-state index in [4.69, 9.17) is 30.1 Å². The van der Waals surface area contributed by atoms with Gasteiger partial charge < -0.3 is 14.8 Å². The van der Waals surface area contributed by atoms with Gasteiger partial charge in [0.15, 0.2) is 5.66 Å². The molecule has 1 unspecified atom stereocenters. The first kappa shape index (κ1) is 35.3. The Morgan fingerprint density at radius 3 is 2.09 bits per heavy atom. The lowest BCUT2D eigenvalue weighted by atomic mass is 9.98. The van der Waals surface area contributed by atoms with Gasteiger partial charge in [0.25, 0.3) is 0 Å². The van der Waals surface area contributed by atoms with E-state index in [1.165, 1.54) is 23.5 Å². The quantitative estimate of drug-likeness (QED) is 0.124. The van der Waals surface area contributed by atoms with E-state index in [9.17, 15) is 27.7 Å². The number of fused-ring (bicyclic) bond motifs is 1. The molecule has 1 amide bonds. The molecule has 2 aromatic carbocycles. The second-order valence-electron chi connectivity index (χ2n) is 11.6. The molecule has 14 heteroatoms. The second kappa shape index (κ2) is 14.3. The van der Waals surface area contributed by atoms with Crippen LogP contribution in [-0.2, 0) is 37.5 Å². The zero-order chi connectivity index (χ0) is 32.9. The van der Waals surface area contributed by atoms with Crippen molar-refractivity contribution < 1.29 is 46.3 Å². The third-order valence-corrected chi connectivity index (χ3v) is 9.24. The maximum Gasteiger partial charge on any atom is 0.353 e. The average Bonchev–Trinajstić information content (AvgIpc) is 3.31. The molecule has 0 aliphatic heterocycles. The van der Waals surface area contributed by atoms with Gasteiger partial charge in [-0.15, -0.1) is 11.3 Å². The van der Waals surface area contributed by atoms with Crippen molar-refractivity contribution in [2.24, 2.45) is 10.8 Å². The van der Waals surface area contributed by atoms with Crippen molar-refractivity contribution >= 4 is 64.5 Å². The minimum absolute atomic E-state index is 0.0325. The highest BCUT2D eigenvalue weighted by Crippen LogP contribution is 2.62. The van der Waals surface area contributed by atoms with Crippen LogP contribution in [-0.4, -0.2) is 31.4 Å². The fourth-order valence-electron chi connectivity index (χ4n) is 3.54. The van der Waals surface area contributed by atoms with Gasteiger partial charge in [-0.1, -0.05) is 11.6 Å². The molecule has 9 nitrogen and oxygen atoms in total. The van der Waals surface area contributed by atoms with E-state index in [0.717, 1.165) is 12.3 Å². The van der Waals surface area contributed by atoms with Crippen molar-refractivity contribution in [2.45, 2.75) is 47.2 Å². The van der Waals surface area contributed by atoms with Gasteiger partial charge in [0.05, 0.1) is 10.8 Å². The van der Waals surface area contributed by atoms with Crippen molar-refractivity contribution in [3.05, 3.63) is 75.8 Å². The van der Waals surface area contributed by atoms with Crippen molar-refractivity contribution in [2.75, 3.05) is 13.6 Å². The smallest absolute Gasteiger partial charge is 0.353 e. The van der Waals surface area contributed by atoms with Crippen LogP contribution in [0.15, 0.2) is 48.0 Å². The average molecular weight is 672 g/mol. The number of halogens is 3. The Morgan fingerprint density at radius 2 is 1.55 bits per heavy atom. The Balaban J connectivity index is 2.03. The Bertz CT molecular complexity index is 1580. The molecule has 0 bridgehead atoms. The highest BCUT2D eigenvalue weighted by Gasteiger charge is 2.45. The summed E-state index contributed by atoms with van der Waals surface area (Å²) in [6.07, 6.45) is 2.26. The van der Waals surface area contributed by atoms with Crippen molar-refractivity contribution in [1.82, 2.24) is 5.32 Å². The van der Waals surface area contributed by atoms with E-state index in [0.29, 0.717) is 21.2 Å². The van der Waals surface area contributed by atoms with Gasteiger partial charge in [0.2, 0.25) is 19.5 Å². The number of ether oxygens (including phenoxy) is 2. The third-order valence-electron chi connectivity index (χ3n) is 5.95. The van der Waals surface area contributed by atoms with Gasteiger partial charge in [0.1, 0.15) is 11.6 Å². The summed E-state index contributed by atoms with van der Waals surface area (Å²) < 4.78 is 64.0. The predicted octanol–water partition coefficient (Wildman–Crippen LogP) is 7.98. The minimum Gasteiger partial charge on any atom is -0.438 e. The Morgan fingerprint density at radius 1 is 0.955 bits per heavy atom. The molecule has 3 aromatic rings. The maximum absolute atomic E-state index is 14.5. The van der Waals surface area contributed by atoms with Gasteiger partial charge in [-0.2, -0.15) is 0 Å². The van der Waals surface area contributed by atoms with Crippen LogP contribution in [0.1, 0.15) is 58.3 Å². The normalized spacial score (nSPS) is 13.2. The van der Waals surface area contributed by atoms with Crippen molar-refractivity contribution in [3.63, 3.8) is 0 Å². The molecule has 238 valence electrons. The topological polar surface area (TPSA) is 117 Å². The summed E-state index contributed by atoms with van der Waals surface area (Å²) in [7, 11) is -4.70. The van der Waals surface area contributed by atoms with E-state index < -0.39 is 67.2 Å². The number of hydrogen-bond donors (Lipinski definition) is 1. The van der Waals surface area contributed by atoms with Crippen LogP contribution in [0.3, 0.4) is 0 Å². The molecule has 0 spiro atoms. The summed E-state index contributed by atoms with van der Waals surface area (Å²) in [5, 5.41) is 4.79. The molecule has 44 heavy (non-hydrogen) atoms. The number of nitrogens with one attached hydrogen (secondary N) is 1. The van der Waals surface area contributed by atoms with Crippen LogP contribution in [0.5, 0.6) is 0 Å². The highest BCUT2D eigenvalue weighted by atomic mass is 35.5. The number of thiophene rings is 1. The lowest BCUT2D eigenvalue weighted by molar-refractivity contribution is -0.162. The largest absolute Gasteiger partial charge is 0.438 e. The summed E-state index contributed by atoms with van der Waals surface area (Å²) >= 11 is 7.46. The number of rotatable bonds is 11. The van der Waals surface area contributed by atoms with Crippen LogP contribution < -0.4 is 5.32 Å². The zero-order valence-electron chi connectivity index (χ0n) is 24.9. The molecular weight excluding hydrogens is 639 g/mol. The molecule has 1 N–H and O–H groups in total. The lowest BCUT2D eigenvalue weighted by Crippen LogP contribution is -2.29. The molecule has 0 saturated heterocycles. The molecule has 1 atom stereocenters. The Kier molecular flexibility index (Phi) is 11.5. The summed E-state index contributed by atoms with van der Waals surface area (Å²) in [4.78, 5) is 38.5. The number of carbonyl (C=O) groups is 3. The highest BCUT2D eigenvalue weighted by molar-refractivity contribution is 7.55. The summed E-state index contributed by atoms with van der Waals surface area (Å²) in [6.45, 7) is 7.90. The summed E-state index contributed by atoms with van der Waals surface area (Å²) in [5.41, 5.74) is -3.39. The first-order valence-corrected chi connectivity index (χ1v) is 16.1. The van der Waals surface area contributed by atoms with E-state index in [1.54, 1.807) is 65.1 Å². The van der Waals surface area contributed by atoms with Gasteiger partial charge in [-0.3, -0.25) is 28.0 Å². The summed E-state index contributed by atoms with van der Waals surface area (Å²) in [6, 6.07) is 7.81. The van der Waals surface area contributed by atoms with Gasteiger partial charge >= 0.3 is 19.5 Å². The number of amides is 1. The molecule has 1 aromatic heterocycles. The molecule has 0 saturated carbocycles. The van der Waals surface area contributed by atoms with E-state index in [2.05, 4.69) is 5.32 Å². The number of benzene rings is 2. The van der Waals surface area contributed by atoms with Crippen LogP contribution in [0.2, 0.25) is 5.02 Å².